The van der Waals surface area contributed by atoms with Crippen molar-refractivity contribution in [3.05, 3.63) is 29.8 Å². The number of benzene rings is 1. The van der Waals surface area contributed by atoms with Gasteiger partial charge >= 0.3 is 0 Å². The van der Waals surface area contributed by atoms with Crippen LogP contribution in [0.3, 0.4) is 0 Å². The summed E-state index contributed by atoms with van der Waals surface area (Å²) in [5.41, 5.74) is 1.43. The molecule has 3 atom stereocenters. The van der Waals surface area contributed by atoms with Gasteiger partial charge in [-0.15, -0.1) is 11.8 Å². The minimum absolute atomic E-state index is 0.382. The van der Waals surface area contributed by atoms with Crippen LogP contribution < -0.4 is 0 Å². The molecular weight excluding hydrogens is 204 g/mol. The molecule has 1 saturated heterocycles. The second kappa shape index (κ2) is 3.84. The maximum Gasteiger partial charge on any atom is 0.0875 e. The van der Waals surface area contributed by atoms with Gasteiger partial charge in [0.15, 0.2) is 0 Å². The molecule has 0 spiro atoms. The van der Waals surface area contributed by atoms with Gasteiger partial charge in [-0.25, -0.2) is 0 Å². The molecule has 0 bridgehead atoms. The van der Waals surface area contributed by atoms with E-state index in [4.69, 9.17) is 4.74 Å². The highest BCUT2D eigenvalue weighted by molar-refractivity contribution is 8.00. The summed E-state index contributed by atoms with van der Waals surface area (Å²) in [5.74, 6) is 0.745. The molecule has 2 aliphatic rings. The third-order valence-corrected chi connectivity index (χ3v) is 5.13. The first-order chi connectivity index (χ1) is 7.40. The van der Waals surface area contributed by atoms with Crippen molar-refractivity contribution in [3.63, 3.8) is 0 Å². The van der Waals surface area contributed by atoms with Crippen LogP contribution in [0.5, 0.6) is 0 Å². The van der Waals surface area contributed by atoms with Crippen molar-refractivity contribution in [3.8, 4) is 0 Å². The second-order valence-electron chi connectivity index (χ2n) is 4.35. The van der Waals surface area contributed by atoms with Crippen molar-refractivity contribution in [2.45, 2.75) is 36.0 Å². The Morgan fingerprint density at radius 1 is 1.40 bits per heavy atom. The average molecular weight is 220 g/mol. The van der Waals surface area contributed by atoms with E-state index in [1.807, 2.05) is 0 Å². The van der Waals surface area contributed by atoms with Crippen molar-refractivity contribution in [1.29, 1.82) is 0 Å². The molecule has 0 aliphatic carbocycles. The van der Waals surface area contributed by atoms with Crippen LogP contribution in [0.4, 0.5) is 0 Å². The first-order valence-corrected chi connectivity index (χ1v) is 6.65. The lowest BCUT2D eigenvalue weighted by Crippen LogP contribution is -2.24. The molecule has 2 heterocycles. The Balaban J connectivity index is 2.03. The standard InChI is InChI=1S/C13H16OS/c1-2-11-10-7-8-14-13(10)9-5-3-4-6-12(9)15-11/h3-6,10-11,13H,2,7-8H2,1H3/t10-,11+,13-/m0/s1. The summed E-state index contributed by atoms with van der Waals surface area (Å²) in [6, 6.07) is 8.73. The minimum atomic E-state index is 0.382. The lowest BCUT2D eigenvalue weighted by Gasteiger charge is -2.33. The Morgan fingerprint density at radius 2 is 2.27 bits per heavy atom. The molecule has 3 rings (SSSR count). The van der Waals surface area contributed by atoms with Crippen LogP contribution in [0, 0.1) is 5.92 Å². The predicted octanol–water partition coefficient (Wildman–Crippen LogP) is 3.65. The topological polar surface area (TPSA) is 9.23 Å². The highest BCUT2D eigenvalue weighted by Gasteiger charge is 2.40. The van der Waals surface area contributed by atoms with Gasteiger partial charge in [0.05, 0.1) is 6.10 Å². The smallest absolute Gasteiger partial charge is 0.0875 e. The molecule has 0 radical (unpaired) electrons. The SMILES string of the molecule is CC[C@H]1Sc2ccccc2[C@@H]2OCC[C@@H]12. The summed E-state index contributed by atoms with van der Waals surface area (Å²) in [4.78, 5) is 1.44. The van der Waals surface area contributed by atoms with Gasteiger partial charge in [0.1, 0.15) is 0 Å². The molecule has 1 aromatic carbocycles. The molecule has 0 N–H and O–H groups in total. The normalized spacial score (nSPS) is 33.5. The van der Waals surface area contributed by atoms with Gasteiger partial charge in [-0.2, -0.15) is 0 Å². The lowest BCUT2D eigenvalue weighted by atomic mass is 9.90. The van der Waals surface area contributed by atoms with Crippen LogP contribution in [0.25, 0.3) is 0 Å². The van der Waals surface area contributed by atoms with Gasteiger partial charge in [0.25, 0.3) is 0 Å². The molecule has 0 saturated carbocycles. The number of hydrogen-bond donors (Lipinski definition) is 0. The van der Waals surface area contributed by atoms with Crippen molar-refractivity contribution in [2.75, 3.05) is 6.61 Å². The first-order valence-electron chi connectivity index (χ1n) is 5.77. The third-order valence-electron chi connectivity index (χ3n) is 3.52. The van der Waals surface area contributed by atoms with E-state index in [9.17, 15) is 0 Å². The fraction of sp³-hybridized carbons (Fsp3) is 0.538. The van der Waals surface area contributed by atoms with E-state index in [1.165, 1.54) is 23.3 Å². The monoisotopic (exact) mass is 220 g/mol. The summed E-state index contributed by atoms with van der Waals surface area (Å²) in [5, 5.41) is 0.757. The van der Waals surface area contributed by atoms with Crippen LogP contribution in [-0.4, -0.2) is 11.9 Å². The molecule has 1 aromatic rings. The maximum absolute atomic E-state index is 5.90. The highest BCUT2D eigenvalue weighted by Crippen LogP contribution is 2.50. The van der Waals surface area contributed by atoms with Crippen molar-refractivity contribution in [1.82, 2.24) is 0 Å². The van der Waals surface area contributed by atoms with Crippen LogP contribution >= 0.6 is 11.8 Å². The lowest BCUT2D eigenvalue weighted by molar-refractivity contribution is 0.0859. The van der Waals surface area contributed by atoms with Crippen LogP contribution in [0.1, 0.15) is 31.4 Å². The fourth-order valence-electron chi connectivity index (χ4n) is 2.77. The van der Waals surface area contributed by atoms with E-state index in [0.29, 0.717) is 6.10 Å². The van der Waals surface area contributed by atoms with Crippen LogP contribution in [-0.2, 0) is 4.74 Å². The molecule has 80 valence electrons. The number of thioether (sulfide) groups is 1. The van der Waals surface area contributed by atoms with Crippen molar-refractivity contribution in [2.24, 2.45) is 5.92 Å². The number of rotatable bonds is 1. The zero-order valence-corrected chi connectivity index (χ0v) is 9.80. The van der Waals surface area contributed by atoms with E-state index >= 15 is 0 Å². The van der Waals surface area contributed by atoms with E-state index in [2.05, 4.69) is 43.0 Å². The minimum Gasteiger partial charge on any atom is -0.373 e. The summed E-state index contributed by atoms with van der Waals surface area (Å²) in [6.07, 6.45) is 2.88. The zero-order valence-electron chi connectivity index (χ0n) is 8.98. The Bertz CT molecular complexity index is 363. The average Bonchev–Trinajstić information content (AvgIpc) is 2.77. The quantitative estimate of drug-likeness (QED) is 0.714. The van der Waals surface area contributed by atoms with Gasteiger partial charge in [-0.3, -0.25) is 0 Å². The molecule has 1 nitrogen and oxygen atoms in total. The summed E-state index contributed by atoms with van der Waals surface area (Å²) < 4.78 is 5.90. The molecule has 15 heavy (non-hydrogen) atoms. The van der Waals surface area contributed by atoms with Gasteiger partial charge < -0.3 is 4.74 Å². The van der Waals surface area contributed by atoms with Crippen LogP contribution in [0.2, 0.25) is 0 Å². The van der Waals surface area contributed by atoms with E-state index in [-0.39, 0.29) is 0 Å². The molecule has 2 aliphatic heterocycles. The molecular formula is C13H16OS. The Kier molecular flexibility index (Phi) is 2.49. The van der Waals surface area contributed by atoms with Gasteiger partial charge in [-0.1, -0.05) is 25.1 Å². The van der Waals surface area contributed by atoms with Gasteiger partial charge in [0, 0.05) is 22.7 Å². The van der Waals surface area contributed by atoms with Gasteiger partial charge in [-0.05, 0) is 24.5 Å². The molecule has 2 heteroatoms. The van der Waals surface area contributed by atoms with E-state index in [0.717, 1.165) is 17.8 Å². The molecule has 0 amide bonds. The van der Waals surface area contributed by atoms with E-state index in [1.54, 1.807) is 0 Å². The first kappa shape index (κ1) is 9.73. The predicted molar refractivity (Wildman–Crippen MR) is 63.2 cm³/mol. The largest absolute Gasteiger partial charge is 0.373 e. The maximum atomic E-state index is 5.90. The van der Waals surface area contributed by atoms with E-state index < -0.39 is 0 Å². The van der Waals surface area contributed by atoms with Crippen LogP contribution in [0.15, 0.2) is 29.2 Å². The number of ether oxygens (including phenoxy) is 1. The molecule has 1 fully saturated rings. The second-order valence-corrected chi connectivity index (χ2v) is 5.63. The summed E-state index contributed by atoms with van der Waals surface area (Å²) >= 11 is 2.05. The summed E-state index contributed by atoms with van der Waals surface area (Å²) in [6.45, 7) is 3.24. The Morgan fingerprint density at radius 3 is 3.13 bits per heavy atom. The Hall–Kier alpha value is -0.470. The number of hydrogen-bond acceptors (Lipinski definition) is 2. The number of fused-ring (bicyclic) bond motifs is 3. The fourth-order valence-corrected chi connectivity index (χ4v) is 4.19. The molecule has 0 aromatic heterocycles. The third kappa shape index (κ3) is 1.51. The van der Waals surface area contributed by atoms with Crippen molar-refractivity contribution < 1.29 is 4.74 Å². The highest BCUT2D eigenvalue weighted by atomic mass is 32.2. The zero-order chi connectivity index (χ0) is 10.3. The van der Waals surface area contributed by atoms with Gasteiger partial charge in [0.2, 0.25) is 0 Å². The Labute approximate surface area is 95.2 Å². The molecule has 0 unspecified atom stereocenters. The summed E-state index contributed by atoms with van der Waals surface area (Å²) in [7, 11) is 0. The van der Waals surface area contributed by atoms with Crippen molar-refractivity contribution >= 4 is 11.8 Å².